The molecule has 0 bridgehead atoms. The molecule has 0 heterocycles. The Balaban J connectivity index is 1.92. The Bertz CT molecular complexity index is 399. The first-order chi connectivity index (χ1) is 8.20. The molecule has 3 nitrogen and oxygen atoms in total. The highest BCUT2D eigenvalue weighted by Crippen LogP contribution is 2.32. The monoisotopic (exact) mass is 232 g/mol. The third-order valence-corrected chi connectivity index (χ3v) is 3.41. The molecule has 92 valence electrons. The van der Waals surface area contributed by atoms with Gasteiger partial charge in [-0.1, -0.05) is 24.3 Å². The van der Waals surface area contributed by atoms with E-state index in [-0.39, 0.29) is 5.91 Å². The molecule has 0 aliphatic heterocycles. The average Bonchev–Trinajstić information content (AvgIpc) is 3.13. The number of carbonyl (C=O) groups is 1. The van der Waals surface area contributed by atoms with Crippen LogP contribution in [0.2, 0.25) is 0 Å². The highest BCUT2D eigenvalue weighted by molar-refractivity contribution is 5.79. The van der Waals surface area contributed by atoms with Gasteiger partial charge >= 0.3 is 0 Å². The van der Waals surface area contributed by atoms with Crippen LogP contribution in [0.1, 0.15) is 30.9 Å². The molecule has 1 aromatic carbocycles. The zero-order valence-electron chi connectivity index (χ0n) is 10.3. The Labute approximate surface area is 102 Å². The minimum Gasteiger partial charge on any atom is -0.353 e. The molecule has 3 heteroatoms. The Morgan fingerprint density at radius 1 is 1.41 bits per heavy atom. The zero-order chi connectivity index (χ0) is 12.3. The molecular weight excluding hydrogens is 212 g/mol. The van der Waals surface area contributed by atoms with E-state index in [0.29, 0.717) is 24.9 Å². The molecule has 1 unspecified atom stereocenters. The number of nitrogens with two attached hydrogens (primary N) is 1. The Kier molecular flexibility index (Phi) is 3.79. The SMILES string of the molecule is CC(NC(=O)Cc1ccccc1CN)C1CC1. The summed E-state index contributed by atoms with van der Waals surface area (Å²) in [6.07, 6.45) is 2.94. The van der Waals surface area contributed by atoms with Crippen LogP contribution in [0.5, 0.6) is 0 Å². The highest BCUT2D eigenvalue weighted by atomic mass is 16.1. The number of amides is 1. The summed E-state index contributed by atoms with van der Waals surface area (Å²) in [6, 6.07) is 8.17. The van der Waals surface area contributed by atoms with Gasteiger partial charge in [-0.25, -0.2) is 0 Å². The number of hydrogen-bond donors (Lipinski definition) is 2. The van der Waals surface area contributed by atoms with E-state index < -0.39 is 0 Å². The normalized spacial score (nSPS) is 16.6. The van der Waals surface area contributed by atoms with Crippen molar-refractivity contribution in [2.75, 3.05) is 0 Å². The van der Waals surface area contributed by atoms with Crippen molar-refractivity contribution < 1.29 is 4.79 Å². The fourth-order valence-corrected chi connectivity index (χ4v) is 2.12. The molecule has 1 saturated carbocycles. The minimum atomic E-state index is 0.102. The molecule has 0 saturated heterocycles. The summed E-state index contributed by atoms with van der Waals surface area (Å²) in [5, 5.41) is 3.06. The summed E-state index contributed by atoms with van der Waals surface area (Å²) in [4.78, 5) is 11.9. The molecule has 1 aliphatic rings. The van der Waals surface area contributed by atoms with E-state index in [1.54, 1.807) is 0 Å². The van der Waals surface area contributed by atoms with Crippen LogP contribution in [-0.2, 0) is 17.8 Å². The third kappa shape index (κ3) is 3.30. The number of carbonyl (C=O) groups excluding carboxylic acids is 1. The van der Waals surface area contributed by atoms with Crippen molar-refractivity contribution in [3.8, 4) is 0 Å². The van der Waals surface area contributed by atoms with Gasteiger partial charge in [-0.05, 0) is 36.8 Å². The van der Waals surface area contributed by atoms with E-state index >= 15 is 0 Å². The van der Waals surface area contributed by atoms with Crippen LogP contribution >= 0.6 is 0 Å². The zero-order valence-corrected chi connectivity index (χ0v) is 10.3. The topological polar surface area (TPSA) is 55.1 Å². The summed E-state index contributed by atoms with van der Waals surface area (Å²) in [7, 11) is 0. The van der Waals surface area contributed by atoms with Crippen molar-refractivity contribution in [2.24, 2.45) is 11.7 Å². The molecule has 1 aliphatic carbocycles. The number of benzene rings is 1. The van der Waals surface area contributed by atoms with Gasteiger partial charge in [-0.15, -0.1) is 0 Å². The van der Waals surface area contributed by atoms with Crippen LogP contribution in [0.15, 0.2) is 24.3 Å². The molecule has 1 atom stereocenters. The molecule has 0 radical (unpaired) electrons. The van der Waals surface area contributed by atoms with Crippen molar-refractivity contribution >= 4 is 5.91 Å². The lowest BCUT2D eigenvalue weighted by Crippen LogP contribution is -2.35. The predicted octanol–water partition coefficient (Wildman–Crippen LogP) is 1.60. The highest BCUT2D eigenvalue weighted by Gasteiger charge is 2.28. The van der Waals surface area contributed by atoms with Gasteiger partial charge in [-0.2, -0.15) is 0 Å². The summed E-state index contributed by atoms with van der Waals surface area (Å²) in [6.45, 7) is 2.58. The fraction of sp³-hybridized carbons (Fsp3) is 0.500. The molecule has 0 spiro atoms. The van der Waals surface area contributed by atoms with Gasteiger partial charge in [0.2, 0.25) is 5.91 Å². The van der Waals surface area contributed by atoms with E-state index in [1.165, 1.54) is 12.8 Å². The van der Waals surface area contributed by atoms with Gasteiger partial charge in [-0.3, -0.25) is 4.79 Å². The largest absolute Gasteiger partial charge is 0.353 e. The summed E-state index contributed by atoms with van der Waals surface area (Å²) >= 11 is 0. The second-order valence-electron chi connectivity index (χ2n) is 4.84. The van der Waals surface area contributed by atoms with Crippen LogP contribution in [0.25, 0.3) is 0 Å². The molecular formula is C14H20N2O. The standard InChI is InChI=1S/C14H20N2O/c1-10(11-6-7-11)16-14(17)8-12-4-2-3-5-13(12)9-15/h2-5,10-11H,6-9,15H2,1H3,(H,16,17). The van der Waals surface area contributed by atoms with Gasteiger partial charge in [0, 0.05) is 12.6 Å². The van der Waals surface area contributed by atoms with Gasteiger partial charge in [0.25, 0.3) is 0 Å². The van der Waals surface area contributed by atoms with Crippen LogP contribution in [0.4, 0.5) is 0 Å². The van der Waals surface area contributed by atoms with Gasteiger partial charge in [0.05, 0.1) is 6.42 Å². The number of nitrogens with one attached hydrogen (secondary N) is 1. The third-order valence-electron chi connectivity index (χ3n) is 3.41. The first-order valence-electron chi connectivity index (χ1n) is 6.27. The van der Waals surface area contributed by atoms with Gasteiger partial charge in [0.15, 0.2) is 0 Å². The van der Waals surface area contributed by atoms with Crippen molar-refractivity contribution in [1.29, 1.82) is 0 Å². The molecule has 0 aromatic heterocycles. The van der Waals surface area contributed by atoms with E-state index in [0.717, 1.165) is 11.1 Å². The van der Waals surface area contributed by atoms with Crippen molar-refractivity contribution in [3.05, 3.63) is 35.4 Å². The first kappa shape index (κ1) is 12.1. The maximum absolute atomic E-state index is 11.9. The quantitative estimate of drug-likeness (QED) is 0.810. The summed E-state index contributed by atoms with van der Waals surface area (Å²) in [5.41, 5.74) is 7.75. The molecule has 1 aromatic rings. The summed E-state index contributed by atoms with van der Waals surface area (Å²) < 4.78 is 0. The van der Waals surface area contributed by atoms with Crippen LogP contribution in [0.3, 0.4) is 0 Å². The Morgan fingerprint density at radius 3 is 2.65 bits per heavy atom. The van der Waals surface area contributed by atoms with Crippen LogP contribution in [0, 0.1) is 5.92 Å². The summed E-state index contributed by atoms with van der Waals surface area (Å²) in [5.74, 6) is 0.800. The lowest BCUT2D eigenvalue weighted by Gasteiger charge is -2.13. The maximum atomic E-state index is 11.9. The van der Waals surface area contributed by atoms with Crippen molar-refractivity contribution in [2.45, 2.75) is 38.8 Å². The minimum absolute atomic E-state index is 0.102. The lowest BCUT2D eigenvalue weighted by molar-refractivity contribution is -0.121. The molecule has 1 fully saturated rings. The second kappa shape index (κ2) is 5.32. The van der Waals surface area contributed by atoms with Crippen molar-refractivity contribution in [3.63, 3.8) is 0 Å². The maximum Gasteiger partial charge on any atom is 0.224 e. The van der Waals surface area contributed by atoms with E-state index in [1.807, 2.05) is 24.3 Å². The molecule has 2 rings (SSSR count). The second-order valence-corrected chi connectivity index (χ2v) is 4.84. The van der Waals surface area contributed by atoms with Gasteiger partial charge < -0.3 is 11.1 Å². The number of rotatable bonds is 5. The lowest BCUT2D eigenvalue weighted by atomic mass is 10.0. The Hall–Kier alpha value is -1.35. The average molecular weight is 232 g/mol. The van der Waals surface area contributed by atoms with E-state index in [9.17, 15) is 4.79 Å². The van der Waals surface area contributed by atoms with E-state index in [2.05, 4.69) is 12.2 Å². The van der Waals surface area contributed by atoms with Crippen LogP contribution in [-0.4, -0.2) is 11.9 Å². The Morgan fingerprint density at radius 2 is 2.06 bits per heavy atom. The number of hydrogen-bond acceptors (Lipinski definition) is 2. The first-order valence-corrected chi connectivity index (χ1v) is 6.27. The molecule has 1 amide bonds. The predicted molar refractivity (Wildman–Crippen MR) is 68.4 cm³/mol. The van der Waals surface area contributed by atoms with Crippen LogP contribution < -0.4 is 11.1 Å². The van der Waals surface area contributed by atoms with E-state index in [4.69, 9.17) is 5.73 Å². The molecule has 3 N–H and O–H groups in total. The smallest absolute Gasteiger partial charge is 0.224 e. The fourth-order valence-electron chi connectivity index (χ4n) is 2.12. The van der Waals surface area contributed by atoms with Gasteiger partial charge in [0.1, 0.15) is 0 Å². The molecule has 17 heavy (non-hydrogen) atoms. The van der Waals surface area contributed by atoms with Crippen molar-refractivity contribution in [1.82, 2.24) is 5.32 Å².